The van der Waals surface area contributed by atoms with Crippen molar-refractivity contribution >= 4 is 5.97 Å². The molecule has 0 radical (unpaired) electrons. The summed E-state index contributed by atoms with van der Waals surface area (Å²) in [5.74, 6) is -0.527. The van der Waals surface area contributed by atoms with Gasteiger partial charge in [-0.05, 0) is 84.9 Å². The van der Waals surface area contributed by atoms with Gasteiger partial charge in [0.15, 0.2) is 0 Å². The number of rotatable bonds is 4. The number of hydrogen-bond acceptors (Lipinski definition) is 11. The van der Waals surface area contributed by atoms with E-state index in [4.69, 9.17) is 9.47 Å². The third-order valence-corrected chi connectivity index (χ3v) is 15.4. The standard InChI is InChI=1S/C36H58O11/c1-17-11-20-19-7-8-24-32(3)13-22(40)29(44)33(4,16-38)28(32)21(39)14-35(24,6)34(19,5)9-10-36(20,12-18(17)2)31(45)47-30-27(43)26(42)25(41)23(15-37)46-30/h7,17-18,20-30,37-44H,8-16H2,1-6H3/t17-,18+,20-,21+,22-,23+,24+,25+,26-,27+,28+,29-,30-,32+,33+,34+,35+,36+/m0/s1. The van der Waals surface area contributed by atoms with E-state index in [9.17, 15) is 45.6 Å². The van der Waals surface area contributed by atoms with E-state index in [1.54, 1.807) is 6.92 Å². The maximum atomic E-state index is 14.4. The van der Waals surface area contributed by atoms with Crippen LogP contribution in [0.2, 0.25) is 0 Å². The number of hydrogen-bond donors (Lipinski definition) is 8. The summed E-state index contributed by atoms with van der Waals surface area (Å²) in [5.41, 5.74) is -2.19. The molecule has 268 valence electrons. The summed E-state index contributed by atoms with van der Waals surface area (Å²) in [7, 11) is 0. The van der Waals surface area contributed by atoms with Gasteiger partial charge in [0.2, 0.25) is 6.29 Å². The topological polar surface area (TPSA) is 197 Å². The Labute approximate surface area is 278 Å². The van der Waals surface area contributed by atoms with Crippen LogP contribution < -0.4 is 0 Å². The first-order valence-electron chi connectivity index (χ1n) is 17.7. The lowest BCUT2D eigenvalue weighted by molar-refractivity contribution is -0.298. The molecule has 0 spiro atoms. The first-order valence-corrected chi connectivity index (χ1v) is 17.7. The Morgan fingerprint density at radius 1 is 0.894 bits per heavy atom. The van der Waals surface area contributed by atoms with Crippen LogP contribution in [-0.2, 0) is 14.3 Å². The van der Waals surface area contributed by atoms with Crippen LogP contribution in [0.1, 0.15) is 86.5 Å². The molecule has 8 N–H and O–H groups in total. The maximum absolute atomic E-state index is 14.4. The van der Waals surface area contributed by atoms with E-state index in [1.807, 2.05) is 0 Å². The van der Waals surface area contributed by atoms with Crippen LogP contribution >= 0.6 is 0 Å². The monoisotopic (exact) mass is 666 g/mol. The van der Waals surface area contributed by atoms with Gasteiger partial charge in [-0.15, -0.1) is 0 Å². The lowest BCUT2D eigenvalue weighted by Crippen LogP contribution is -2.71. The Balaban J connectivity index is 1.38. The first kappa shape index (κ1) is 35.7. The molecule has 4 saturated carbocycles. The van der Waals surface area contributed by atoms with Gasteiger partial charge in [0.25, 0.3) is 0 Å². The van der Waals surface area contributed by atoms with E-state index in [0.717, 1.165) is 6.42 Å². The summed E-state index contributed by atoms with van der Waals surface area (Å²) >= 11 is 0. The maximum Gasteiger partial charge on any atom is 0.315 e. The Kier molecular flexibility index (Phi) is 8.88. The van der Waals surface area contributed by atoms with Crippen molar-refractivity contribution in [3.8, 4) is 0 Å². The van der Waals surface area contributed by atoms with Gasteiger partial charge < -0.3 is 50.3 Å². The van der Waals surface area contributed by atoms with Gasteiger partial charge in [0.05, 0.1) is 36.9 Å². The molecule has 47 heavy (non-hydrogen) atoms. The fraction of sp³-hybridized carbons (Fsp3) is 0.917. The second-order valence-corrected chi connectivity index (χ2v) is 17.5. The minimum Gasteiger partial charge on any atom is -0.432 e. The summed E-state index contributed by atoms with van der Waals surface area (Å²) in [6.07, 6.45) is -4.39. The van der Waals surface area contributed by atoms with E-state index in [-0.39, 0.29) is 24.4 Å². The molecule has 0 unspecified atom stereocenters. The highest BCUT2D eigenvalue weighted by Crippen LogP contribution is 2.75. The highest BCUT2D eigenvalue weighted by molar-refractivity contribution is 5.79. The normalized spacial score (nSPS) is 57.5. The molecule has 5 aliphatic carbocycles. The second kappa shape index (κ2) is 11.7. The Morgan fingerprint density at radius 2 is 1.57 bits per heavy atom. The van der Waals surface area contributed by atoms with Crippen LogP contribution in [0, 0.1) is 56.7 Å². The number of aliphatic hydroxyl groups excluding tert-OH is 8. The SMILES string of the molecule is C[C@@H]1C[C@]2(C(=O)O[C@@H]3O[C@H](CO)[C@@H](O)[C@H](O)[C@H]3O)CC[C@]3(C)C(=CC[C@@H]4[C@@]5(C)C[C@H](O)[C@H](O)[C@](C)(CO)[C@@H]5[C@H](O)C[C@]43C)[C@@H]2C[C@@H]1C. The van der Waals surface area contributed by atoms with Crippen molar-refractivity contribution in [1.82, 2.24) is 0 Å². The molecule has 0 aromatic heterocycles. The summed E-state index contributed by atoms with van der Waals surface area (Å²) in [6, 6.07) is 0. The van der Waals surface area contributed by atoms with E-state index in [0.29, 0.717) is 44.4 Å². The quantitative estimate of drug-likeness (QED) is 0.159. The third kappa shape index (κ3) is 4.74. The van der Waals surface area contributed by atoms with Crippen LogP contribution in [0.4, 0.5) is 0 Å². The van der Waals surface area contributed by atoms with E-state index in [1.165, 1.54) is 5.57 Å². The van der Waals surface area contributed by atoms with Gasteiger partial charge in [-0.2, -0.15) is 0 Å². The Bertz CT molecular complexity index is 1260. The highest BCUT2D eigenvalue weighted by Gasteiger charge is 2.72. The Morgan fingerprint density at radius 3 is 2.21 bits per heavy atom. The zero-order valence-corrected chi connectivity index (χ0v) is 28.7. The number of fused-ring (bicyclic) bond motifs is 7. The summed E-state index contributed by atoms with van der Waals surface area (Å²) in [6.45, 7) is 11.8. The lowest BCUT2D eigenvalue weighted by Gasteiger charge is -2.72. The molecular weight excluding hydrogens is 608 g/mol. The molecule has 0 aromatic carbocycles. The third-order valence-electron chi connectivity index (χ3n) is 15.4. The molecule has 1 saturated heterocycles. The zero-order chi connectivity index (χ0) is 34.6. The van der Waals surface area contributed by atoms with Gasteiger partial charge in [0, 0.05) is 11.3 Å². The molecule has 6 rings (SSSR count). The average Bonchev–Trinajstić information content (AvgIpc) is 3.01. The molecule has 0 bridgehead atoms. The van der Waals surface area contributed by atoms with Crippen LogP contribution in [0.5, 0.6) is 0 Å². The minimum absolute atomic E-state index is 0.0404. The predicted octanol–water partition coefficient (Wildman–Crippen LogP) is 1.26. The van der Waals surface area contributed by atoms with Gasteiger partial charge in [0.1, 0.15) is 24.4 Å². The summed E-state index contributed by atoms with van der Waals surface area (Å²) in [4.78, 5) is 14.4. The van der Waals surface area contributed by atoms with Gasteiger partial charge in [-0.1, -0.05) is 53.2 Å². The molecule has 0 amide bonds. The van der Waals surface area contributed by atoms with Crippen LogP contribution in [0.25, 0.3) is 0 Å². The molecule has 0 aromatic rings. The van der Waals surface area contributed by atoms with Crippen molar-refractivity contribution in [2.24, 2.45) is 56.7 Å². The number of aliphatic hydroxyl groups is 8. The van der Waals surface area contributed by atoms with Crippen molar-refractivity contribution < 1.29 is 55.1 Å². The van der Waals surface area contributed by atoms with Crippen LogP contribution in [0.3, 0.4) is 0 Å². The van der Waals surface area contributed by atoms with Gasteiger partial charge in [-0.3, -0.25) is 4.79 Å². The van der Waals surface area contributed by atoms with Crippen molar-refractivity contribution in [2.45, 2.75) is 136 Å². The molecule has 5 fully saturated rings. The van der Waals surface area contributed by atoms with E-state index >= 15 is 0 Å². The number of allylic oxidation sites excluding steroid dienone is 2. The zero-order valence-electron chi connectivity index (χ0n) is 28.7. The molecule has 1 heterocycles. The number of ether oxygens (including phenoxy) is 2. The molecule has 11 nitrogen and oxygen atoms in total. The smallest absolute Gasteiger partial charge is 0.315 e. The minimum atomic E-state index is -1.68. The van der Waals surface area contributed by atoms with Crippen molar-refractivity contribution in [2.75, 3.05) is 13.2 Å². The average molecular weight is 667 g/mol. The predicted molar refractivity (Wildman–Crippen MR) is 169 cm³/mol. The second-order valence-electron chi connectivity index (χ2n) is 17.5. The van der Waals surface area contributed by atoms with E-state index < -0.39 is 94.6 Å². The molecule has 1 aliphatic heterocycles. The van der Waals surface area contributed by atoms with Crippen molar-refractivity contribution in [3.63, 3.8) is 0 Å². The number of carbonyl (C=O) groups excluding carboxylic acids is 1. The van der Waals surface area contributed by atoms with Crippen molar-refractivity contribution in [3.05, 3.63) is 11.6 Å². The van der Waals surface area contributed by atoms with E-state index in [2.05, 4.69) is 40.7 Å². The summed E-state index contributed by atoms with van der Waals surface area (Å²) < 4.78 is 11.5. The lowest BCUT2D eigenvalue weighted by atomic mass is 9.33. The molecule has 11 heteroatoms. The van der Waals surface area contributed by atoms with Crippen LogP contribution in [-0.4, -0.2) is 109 Å². The largest absolute Gasteiger partial charge is 0.432 e. The fourth-order valence-electron chi connectivity index (χ4n) is 12.5. The summed E-state index contributed by atoms with van der Waals surface area (Å²) in [5, 5.41) is 85.8. The fourth-order valence-corrected chi connectivity index (χ4v) is 12.5. The van der Waals surface area contributed by atoms with Gasteiger partial charge >= 0.3 is 5.97 Å². The van der Waals surface area contributed by atoms with Crippen LogP contribution in [0.15, 0.2) is 11.6 Å². The first-order chi connectivity index (χ1) is 21.9. The highest BCUT2D eigenvalue weighted by atomic mass is 16.7. The van der Waals surface area contributed by atoms with Crippen molar-refractivity contribution in [1.29, 1.82) is 0 Å². The molecular formula is C36H58O11. The van der Waals surface area contributed by atoms with Gasteiger partial charge in [-0.25, -0.2) is 0 Å². The number of carbonyl (C=O) groups is 1. The molecule has 18 atom stereocenters. The molecule has 6 aliphatic rings. The number of esters is 1. The Hall–Kier alpha value is -1.15.